The summed E-state index contributed by atoms with van der Waals surface area (Å²) in [6.07, 6.45) is -0.591. The van der Waals surface area contributed by atoms with E-state index in [4.69, 9.17) is 25.8 Å². The molecule has 0 aromatic heterocycles. The van der Waals surface area contributed by atoms with Crippen molar-refractivity contribution < 1.29 is 28.6 Å². The Morgan fingerprint density at radius 1 is 1.23 bits per heavy atom. The number of benzene rings is 2. The van der Waals surface area contributed by atoms with Gasteiger partial charge in [0.25, 0.3) is 0 Å². The summed E-state index contributed by atoms with van der Waals surface area (Å²) in [6, 6.07) is 7.50. The topological polar surface area (TPSA) is 94.2 Å². The van der Waals surface area contributed by atoms with Gasteiger partial charge in [0.15, 0.2) is 11.5 Å². The number of esters is 1. The van der Waals surface area contributed by atoms with E-state index in [1.165, 1.54) is 19.1 Å². The van der Waals surface area contributed by atoms with E-state index in [2.05, 4.69) is 21.2 Å². The van der Waals surface area contributed by atoms with Crippen molar-refractivity contribution in [2.24, 2.45) is 0 Å². The highest BCUT2D eigenvalue weighted by Crippen LogP contribution is 2.45. The molecule has 2 amide bonds. The Morgan fingerprint density at radius 3 is 2.68 bits per heavy atom. The second-order valence-electron chi connectivity index (χ2n) is 6.99. The van der Waals surface area contributed by atoms with Crippen LogP contribution < -0.4 is 14.8 Å². The zero-order valence-corrected chi connectivity index (χ0v) is 19.0. The van der Waals surface area contributed by atoms with E-state index in [1.807, 2.05) is 0 Å². The van der Waals surface area contributed by atoms with Crippen molar-refractivity contribution in [3.8, 4) is 11.5 Å². The zero-order valence-electron chi connectivity index (χ0n) is 16.6. The number of nitrogens with zero attached hydrogens (tertiary/aromatic N) is 1. The van der Waals surface area contributed by atoms with Gasteiger partial charge in [0.05, 0.1) is 24.9 Å². The summed E-state index contributed by atoms with van der Waals surface area (Å²) in [5, 5.41) is 3.11. The lowest BCUT2D eigenvalue weighted by Crippen LogP contribution is -2.43. The number of amides is 2. The van der Waals surface area contributed by atoms with Gasteiger partial charge in [0.1, 0.15) is 11.6 Å². The van der Waals surface area contributed by atoms with Crippen LogP contribution in [-0.4, -0.2) is 42.9 Å². The third-order valence-electron chi connectivity index (χ3n) is 5.27. The summed E-state index contributed by atoms with van der Waals surface area (Å²) in [5.41, 5.74) is 1.04. The monoisotopic (exact) mass is 508 g/mol. The Bertz CT molecular complexity index is 1090. The first-order chi connectivity index (χ1) is 14.8. The fraction of sp³-hybridized carbons (Fsp3) is 0.286. The van der Waals surface area contributed by atoms with Gasteiger partial charge in [-0.3, -0.25) is 14.5 Å². The number of hydrogen-bond acceptors (Lipinski definition) is 6. The Labute approximate surface area is 191 Å². The van der Waals surface area contributed by atoms with Crippen LogP contribution in [0, 0.1) is 0 Å². The maximum atomic E-state index is 13.0. The highest BCUT2D eigenvalue weighted by Gasteiger charge is 2.47. The zero-order chi connectivity index (χ0) is 22.3. The number of carbonyl (C=O) groups excluding carboxylic acids is 3. The number of halogens is 2. The molecule has 0 bridgehead atoms. The van der Waals surface area contributed by atoms with Gasteiger partial charge in [0, 0.05) is 16.5 Å². The van der Waals surface area contributed by atoms with E-state index in [9.17, 15) is 14.4 Å². The van der Waals surface area contributed by atoms with E-state index in [0.29, 0.717) is 22.0 Å². The molecule has 4 rings (SSSR count). The molecule has 0 unspecified atom stereocenters. The van der Waals surface area contributed by atoms with E-state index in [-0.39, 0.29) is 30.1 Å². The predicted octanol–water partition coefficient (Wildman–Crippen LogP) is 3.92. The first-order valence-electron chi connectivity index (χ1n) is 9.38. The van der Waals surface area contributed by atoms with E-state index in [1.54, 1.807) is 30.3 Å². The number of hydrogen-bond donors (Lipinski definition) is 1. The standard InChI is InChI=1S/C21H18BrClN2O6/c1-29-15-7-4-11-17(18(15)30-2)21(28)31-20(11)25-14(6-8-16(25)26)19(27)24-13-5-3-10(22)9-12(13)23/h3-5,7,9,14,20H,6,8H2,1-2H3,(H,24,27)/t14-,20+/m0/s1. The number of fused-ring (bicyclic) bond motifs is 1. The molecule has 8 nitrogen and oxygen atoms in total. The predicted molar refractivity (Wildman–Crippen MR) is 115 cm³/mol. The van der Waals surface area contributed by atoms with E-state index < -0.39 is 24.1 Å². The summed E-state index contributed by atoms with van der Waals surface area (Å²) < 4.78 is 16.9. The molecular weight excluding hydrogens is 492 g/mol. The molecule has 0 aliphatic carbocycles. The normalized spacial score (nSPS) is 19.8. The quantitative estimate of drug-likeness (QED) is 0.614. The van der Waals surface area contributed by atoms with Gasteiger partial charge in [-0.1, -0.05) is 27.5 Å². The molecular formula is C21H18BrClN2O6. The first kappa shape index (κ1) is 21.5. The molecule has 2 aromatic carbocycles. The number of methoxy groups -OCH3 is 2. The summed E-state index contributed by atoms with van der Waals surface area (Å²) in [7, 11) is 2.87. The van der Waals surface area contributed by atoms with Gasteiger partial charge in [-0.2, -0.15) is 0 Å². The molecule has 0 saturated carbocycles. The minimum atomic E-state index is -1.03. The second-order valence-corrected chi connectivity index (χ2v) is 8.31. The molecule has 31 heavy (non-hydrogen) atoms. The van der Waals surface area contributed by atoms with Crippen LogP contribution in [0.15, 0.2) is 34.8 Å². The number of anilines is 1. The van der Waals surface area contributed by atoms with Gasteiger partial charge in [-0.15, -0.1) is 0 Å². The van der Waals surface area contributed by atoms with Crippen molar-refractivity contribution in [1.29, 1.82) is 0 Å². The Morgan fingerprint density at radius 2 is 2.00 bits per heavy atom. The molecule has 2 aromatic rings. The van der Waals surface area contributed by atoms with Crippen molar-refractivity contribution in [1.82, 2.24) is 4.90 Å². The average molecular weight is 510 g/mol. The van der Waals surface area contributed by atoms with Crippen molar-refractivity contribution in [2.75, 3.05) is 19.5 Å². The number of likely N-dealkylation sites (tertiary alicyclic amines) is 1. The van der Waals surface area contributed by atoms with E-state index in [0.717, 1.165) is 4.47 Å². The summed E-state index contributed by atoms with van der Waals surface area (Å²) in [4.78, 5) is 39.6. The van der Waals surface area contributed by atoms with Gasteiger partial charge < -0.3 is 19.5 Å². The molecule has 2 atom stereocenters. The van der Waals surface area contributed by atoms with Crippen LogP contribution in [-0.2, 0) is 14.3 Å². The molecule has 162 valence electrons. The molecule has 0 spiro atoms. The number of ether oxygens (including phenoxy) is 3. The van der Waals surface area contributed by atoms with Crippen molar-refractivity contribution in [2.45, 2.75) is 25.1 Å². The van der Waals surface area contributed by atoms with Crippen LogP contribution in [0.4, 0.5) is 5.69 Å². The van der Waals surface area contributed by atoms with Crippen LogP contribution in [0.3, 0.4) is 0 Å². The number of nitrogens with one attached hydrogen (secondary N) is 1. The number of rotatable bonds is 5. The van der Waals surface area contributed by atoms with Gasteiger partial charge in [-0.05, 0) is 36.8 Å². The molecule has 2 aliphatic rings. The van der Waals surface area contributed by atoms with Crippen LogP contribution >= 0.6 is 27.5 Å². The minimum absolute atomic E-state index is 0.156. The van der Waals surface area contributed by atoms with Crippen LogP contribution in [0.1, 0.15) is 35.0 Å². The maximum absolute atomic E-state index is 13.0. The molecule has 1 saturated heterocycles. The smallest absolute Gasteiger partial charge is 0.344 e. The molecule has 0 radical (unpaired) electrons. The summed E-state index contributed by atoms with van der Waals surface area (Å²) in [5.74, 6) is -0.763. The van der Waals surface area contributed by atoms with Crippen molar-refractivity contribution in [3.05, 3.63) is 51.0 Å². The third kappa shape index (κ3) is 3.72. The van der Waals surface area contributed by atoms with Gasteiger partial charge in [0.2, 0.25) is 18.0 Å². The van der Waals surface area contributed by atoms with Crippen LogP contribution in [0.5, 0.6) is 11.5 Å². The highest BCUT2D eigenvalue weighted by atomic mass is 79.9. The Balaban J connectivity index is 1.65. The lowest BCUT2D eigenvalue weighted by atomic mass is 10.1. The Hall–Kier alpha value is -2.78. The lowest BCUT2D eigenvalue weighted by Gasteiger charge is -2.29. The van der Waals surface area contributed by atoms with Crippen molar-refractivity contribution >= 4 is 51.0 Å². The largest absolute Gasteiger partial charge is 0.493 e. The maximum Gasteiger partial charge on any atom is 0.344 e. The SMILES string of the molecule is COc1ccc2c(c1OC)C(=O)O[C@H]2N1C(=O)CC[C@H]1C(=O)Nc1ccc(Br)cc1Cl. The highest BCUT2D eigenvalue weighted by molar-refractivity contribution is 9.10. The Kier molecular flexibility index (Phi) is 5.81. The molecule has 2 aliphatic heterocycles. The molecule has 2 heterocycles. The first-order valence-corrected chi connectivity index (χ1v) is 10.6. The van der Waals surface area contributed by atoms with Crippen LogP contribution in [0.25, 0.3) is 0 Å². The van der Waals surface area contributed by atoms with Crippen LogP contribution in [0.2, 0.25) is 5.02 Å². The van der Waals surface area contributed by atoms with E-state index >= 15 is 0 Å². The minimum Gasteiger partial charge on any atom is -0.493 e. The molecule has 10 heteroatoms. The fourth-order valence-electron chi connectivity index (χ4n) is 3.85. The summed E-state index contributed by atoms with van der Waals surface area (Å²) in [6.45, 7) is 0. The summed E-state index contributed by atoms with van der Waals surface area (Å²) >= 11 is 9.52. The number of carbonyl (C=O) groups is 3. The second kappa shape index (κ2) is 8.39. The van der Waals surface area contributed by atoms with Crippen molar-refractivity contribution in [3.63, 3.8) is 0 Å². The lowest BCUT2D eigenvalue weighted by molar-refractivity contribution is -0.144. The fourth-order valence-corrected chi connectivity index (χ4v) is 4.57. The molecule has 1 fully saturated rings. The van der Waals surface area contributed by atoms with Gasteiger partial charge in [-0.25, -0.2) is 4.79 Å². The third-order valence-corrected chi connectivity index (χ3v) is 6.07. The molecule has 1 N–H and O–H groups in total. The average Bonchev–Trinajstić information content (AvgIpc) is 3.29. The van der Waals surface area contributed by atoms with Gasteiger partial charge >= 0.3 is 5.97 Å². The number of cyclic esters (lactones) is 1.